The Balaban J connectivity index is 2.29. The van der Waals surface area contributed by atoms with Crippen molar-refractivity contribution in [2.75, 3.05) is 0 Å². The fraction of sp³-hybridized carbons (Fsp3) is 0. The molecule has 0 saturated heterocycles. The number of pyridine rings is 1. The maximum Gasteiger partial charge on any atom is 0.139 e. The molecule has 110 valence electrons. The summed E-state index contributed by atoms with van der Waals surface area (Å²) in [6, 6.07) is 13.1. The van der Waals surface area contributed by atoms with Gasteiger partial charge in [0.1, 0.15) is 11.5 Å². The molecule has 4 nitrogen and oxygen atoms in total. The average Bonchev–Trinajstić information content (AvgIpc) is 2.53. The monoisotopic (exact) mass is 419 g/mol. The van der Waals surface area contributed by atoms with Gasteiger partial charge in [-0.05, 0) is 34.1 Å². The molecule has 0 fully saturated rings. The molecule has 1 aromatic heterocycles. The summed E-state index contributed by atoms with van der Waals surface area (Å²) in [6.45, 7) is 0. The Labute approximate surface area is 143 Å². The molecule has 6 heteroatoms. The van der Waals surface area contributed by atoms with Crippen molar-refractivity contribution in [1.29, 1.82) is 0 Å². The number of nitrogens with zero attached hydrogens (tertiary/aromatic N) is 2. The molecule has 0 amide bonds. The average molecular weight is 421 g/mol. The molecule has 0 spiro atoms. The largest absolute Gasteiger partial charge is 0.506 e. The second-order valence-corrected chi connectivity index (χ2v) is 6.41. The molecule has 2 aromatic carbocycles. The van der Waals surface area contributed by atoms with Gasteiger partial charge in [-0.1, -0.05) is 40.2 Å². The van der Waals surface area contributed by atoms with E-state index in [-0.39, 0.29) is 5.75 Å². The number of aromatic nitrogens is 1. The normalized spacial score (nSPS) is 11.8. The van der Waals surface area contributed by atoms with E-state index in [1.54, 1.807) is 18.3 Å². The molecular weight excluding hydrogens is 410 g/mol. The Hall–Kier alpha value is -1.92. The first-order valence-corrected chi connectivity index (χ1v) is 8.01. The van der Waals surface area contributed by atoms with Crippen LogP contribution in [0, 0.1) is 0 Å². The summed E-state index contributed by atoms with van der Waals surface area (Å²) in [7, 11) is 0. The SMILES string of the molecule is N/N=C(\c1cc(Br)cc(Br)c1O)c1cccc2cccnc12. The zero-order chi connectivity index (χ0) is 15.7. The van der Waals surface area contributed by atoms with Crippen LogP contribution in [0.25, 0.3) is 10.9 Å². The van der Waals surface area contributed by atoms with Gasteiger partial charge < -0.3 is 10.9 Å². The molecule has 0 saturated carbocycles. The van der Waals surface area contributed by atoms with E-state index in [1.165, 1.54) is 0 Å². The third kappa shape index (κ3) is 2.60. The predicted octanol–water partition coefficient (Wildman–Crippen LogP) is 4.18. The Kier molecular flexibility index (Phi) is 4.13. The highest BCUT2D eigenvalue weighted by molar-refractivity contribution is 9.11. The van der Waals surface area contributed by atoms with Crippen LogP contribution in [0.15, 0.2) is 62.7 Å². The number of fused-ring (bicyclic) bond motifs is 1. The Morgan fingerprint density at radius 2 is 1.86 bits per heavy atom. The lowest BCUT2D eigenvalue weighted by molar-refractivity contribution is 0.470. The molecule has 3 N–H and O–H groups in total. The van der Waals surface area contributed by atoms with Gasteiger partial charge in [0.2, 0.25) is 0 Å². The number of phenolic OH excluding ortho intramolecular Hbond substituents is 1. The minimum Gasteiger partial charge on any atom is -0.506 e. The maximum atomic E-state index is 10.3. The summed E-state index contributed by atoms with van der Waals surface area (Å²) >= 11 is 6.74. The van der Waals surface area contributed by atoms with Crippen LogP contribution in [-0.4, -0.2) is 15.8 Å². The third-order valence-electron chi connectivity index (χ3n) is 3.30. The van der Waals surface area contributed by atoms with E-state index < -0.39 is 0 Å². The lowest BCUT2D eigenvalue weighted by Crippen LogP contribution is -2.08. The van der Waals surface area contributed by atoms with Crippen LogP contribution in [-0.2, 0) is 0 Å². The van der Waals surface area contributed by atoms with E-state index in [4.69, 9.17) is 5.84 Å². The van der Waals surface area contributed by atoms with Crippen LogP contribution >= 0.6 is 31.9 Å². The van der Waals surface area contributed by atoms with Crippen LogP contribution in [0.4, 0.5) is 0 Å². The molecular formula is C16H11Br2N3O. The highest BCUT2D eigenvalue weighted by Crippen LogP contribution is 2.34. The van der Waals surface area contributed by atoms with Gasteiger partial charge in [0.05, 0.1) is 9.99 Å². The Morgan fingerprint density at radius 3 is 2.64 bits per heavy atom. The van der Waals surface area contributed by atoms with Gasteiger partial charge in [0.15, 0.2) is 0 Å². The van der Waals surface area contributed by atoms with Gasteiger partial charge in [-0.25, -0.2) is 0 Å². The number of phenols is 1. The number of hydrogen-bond donors (Lipinski definition) is 2. The molecule has 1 heterocycles. The predicted molar refractivity (Wildman–Crippen MR) is 95.1 cm³/mol. The minimum absolute atomic E-state index is 0.0836. The smallest absolute Gasteiger partial charge is 0.139 e. The second kappa shape index (κ2) is 6.06. The number of nitrogens with two attached hydrogens (primary N) is 1. The summed E-state index contributed by atoms with van der Waals surface area (Å²) in [4.78, 5) is 4.41. The van der Waals surface area contributed by atoms with Crippen LogP contribution in [0.5, 0.6) is 5.75 Å². The quantitative estimate of drug-likeness (QED) is 0.371. The highest BCUT2D eigenvalue weighted by Gasteiger charge is 2.17. The number of para-hydroxylation sites is 1. The summed E-state index contributed by atoms with van der Waals surface area (Å²) in [5, 5.41) is 15.2. The number of hydrogen-bond acceptors (Lipinski definition) is 4. The van der Waals surface area contributed by atoms with Crippen molar-refractivity contribution in [1.82, 2.24) is 4.98 Å². The summed E-state index contributed by atoms with van der Waals surface area (Å²) in [6.07, 6.45) is 1.72. The van der Waals surface area contributed by atoms with Gasteiger partial charge in [-0.3, -0.25) is 4.98 Å². The number of benzene rings is 2. The highest BCUT2D eigenvalue weighted by atomic mass is 79.9. The van der Waals surface area contributed by atoms with Gasteiger partial charge >= 0.3 is 0 Å². The van der Waals surface area contributed by atoms with Crippen molar-refractivity contribution in [3.05, 3.63) is 68.7 Å². The molecule has 3 rings (SSSR count). The fourth-order valence-corrected chi connectivity index (χ4v) is 3.55. The minimum atomic E-state index is 0.0836. The molecule has 0 aliphatic rings. The van der Waals surface area contributed by atoms with E-state index in [9.17, 15) is 5.11 Å². The van der Waals surface area contributed by atoms with Crippen molar-refractivity contribution in [3.63, 3.8) is 0 Å². The number of rotatable bonds is 2. The molecule has 0 aliphatic heterocycles. The van der Waals surface area contributed by atoms with Crippen LogP contribution < -0.4 is 5.84 Å². The first kappa shape index (κ1) is 15.0. The topological polar surface area (TPSA) is 71.5 Å². The third-order valence-corrected chi connectivity index (χ3v) is 4.36. The van der Waals surface area contributed by atoms with Crippen molar-refractivity contribution in [3.8, 4) is 5.75 Å². The zero-order valence-corrected chi connectivity index (χ0v) is 14.5. The molecule has 0 atom stereocenters. The molecule has 0 bridgehead atoms. The van der Waals surface area contributed by atoms with Gasteiger partial charge in [-0.2, -0.15) is 5.10 Å². The maximum absolute atomic E-state index is 10.3. The Morgan fingerprint density at radius 1 is 1.09 bits per heavy atom. The molecule has 22 heavy (non-hydrogen) atoms. The lowest BCUT2D eigenvalue weighted by atomic mass is 9.99. The number of halogens is 2. The van der Waals surface area contributed by atoms with Gasteiger partial charge in [0.25, 0.3) is 0 Å². The standard InChI is InChI=1S/C16H11Br2N3O/c17-10-7-12(16(22)13(18)8-10)15(21-19)11-5-1-3-9-4-2-6-20-14(9)11/h1-8,22H,19H2/b21-15-. The van der Waals surface area contributed by atoms with E-state index in [1.807, 2.05) is 30.3 Å². The molecule has 0 unspecified atom stereocenters. The van der Waals surface area contributed by atoms with Crippen molar-refractivity contribution >= 4 is 48.5 Å². The molecule has 0 radical (unpaired) electrons. The van der Waals surface area contributed by atoms with E-state index >= 15 is 0 Å². The molecule has 0 aliphatic carbocycles. The van der Waals surface area contributed by atoms with Gasteiger partial charge in [-0.15, -0.1) is 0 Å². The van der Waals surface area contributed by atoms with Crippen molar-refractivity contribution in [2.45, 2.75) is 0 Å². The van der Waals surface area contributed by atoms with Crippen LogP contribution in [0.3, 0.4) is 0 Å². The number of aromatic hydroxyl groups is 1. The van der Waals surface area contributed by atoms with Crippen molar-refractivity contribution < 1.29 is 5.11 Å². The summed E-state index contributed by atoms with van der Waals surface area (Å²) < 4.78 is 1.37. The lowest BCUT2D eigenvalue weighted by Gasteiger charge is -2.12. The summed E-state index contributed by atoms with van der Waals surface area (Å²) in [5.74, 6) is 5.70. The van der Waals surface area contributed by atoms with E-state index in [0.29, 0.717) is 15.7 Å². The molecule has 3 aromatic rings. The zero-order valence-electron chi connectivity index (χ0n) is 11.3. The van der Waals surface area contributed by atoms with E-state index in [0.717, 1.165) is 20.9 Å². The number of hydrazone groups is 1. The van der Waals surface area contributed by atoms with Crippen molar-refractivity contribution in [2.24, 2.45) is 10.9 Å². The van der Waals surface area contributed by atoms with Crippen LogP contribution in [0.1, 0.15) is 11.1 Å². The van der Waals surface area contributed by atoms with Gasteiger partial charge in [0, 0.05) is 27.2 Å². The first-order valence-electron chi connectivity index (χ1n) is 6.42. The van der Waals surface area contributed by atoms with Crippen LogP contribution in [0.2, 0.25) is 0 Å². The van der Waals surface area contributed by atoms with E-state index in [2.05, 4.69) is 41.9 Å². The fourth-order valence-electron chi connectivity index (χ4n) is 2.33. The second-order valence-electron chi connectivity index (χ2n) is 4.64. The summed E-state index contributed by atoms with van der Waals surface area (Å²) in [5.41, 5.74) is 2.55. The first-order chi connectivity index (χ1) is 10.6. The Bertz CT molecular complexity index is 888.